The third kappa shape index (κ3) is 4.92. The molecule has 4 rings (SSSR count). The number of nitrogens with zero attached hydrogens (tertiary/aromatic N) is 1. The van der Waals surface area contributed by atoms with Gasteiger partial charge in [-0.2, -0.15) is 0 Å². The highest BCUT2D eigenvalue weighted by Gasteiger charge is 2.34. The molecule has 164 valence electrons. The number of amides is 2. The molecule has 1 heterocycles. The van der Waals surface area contributed by atoms with E-state index in [0.29, 0.717) is 17.0 Å². The number of thioether (sulfide) groups is 1. The molecule has 2 amide bonds. The predicted molar refractivity (Wildman–Crippen MR) is 136 cm³/mol. The van der Waals surface area contributed by atoms with E-state index in [9.17, 15) is 9.59 Å². The van der Waals surface area contributed by atoms with Crippen LogP contribution in [0.5, 0.6) is 0 Å². The van der Waals surface area contributed by atoms with Crippen molar-refractivity contribution in [1.29, 1.82) is 0 Å². The molecule has 1 saturated heterocycles. The minimum absolute atomic E-state index is 0.0673. The normalized spacial score (nSPS) is 16.3. The van der Waals surface area contributed by atoms with Gasteiger partial charge >= 0.3 is 0 Å². The van der Waals surface area contributed by atoms with Crippen LogP contribution < -0.4 is 10.2 Å². The standard InChI is InChI=1S/C26H25BrN2O2S/c1-26(2,3)19-9-13-22(14-10-19)29-23(30)16-32-25(29)17-7-11-21(12-8-17)28-24(31)18-5-4-6-20(27)15-18/h4-15,25H,16H2,1-3H3,(H,28,31)/t25-/m1/s1. The van der Waals surface area contributed by atoms with Crippen LogP contribution >= 0.6 is 27.7 Å². The first kappa shape index (κ1) is 22.6. The van der Waals surface area contributed by atoms with Crippen molar-refractivity contribution >= 4 is 50.9 Å². The van der Waals surface area contributed by atoms with Gasteiger partial charge in [0.25, 0.3) is 5.91 Å². The molecule has 3 aromatic rings. The summed E-state index contributed by atoms with van der Waals surface area (Å²) in [5.41, 5.74) is 4.55. The summed E-state index contributed by atoms with van der Waals surface area (Å²) in [4.78, 5) is 27.0. The van der Waals surface area contributed by atoms with Gasteiger partial charge in [-0.1, -0.05) is 67.0 Å². The predicted octanol–water partition coefficient (Wildman–Crippen LogP) is 6.78. The van der Waals surface area contributed by atoms with Crippen LogP contribution in [0.2, 0.25) is 0 Å². The van der Waals surface area contributed by atoms with Gasteiger partial charge < -0.3 is 5.32 Å². The number of benzene rings is 3. The Bertz CT molecular complexity index is 1140. The maximum absolute atomic E-state index is 12.7. The Morgan fingerprint density at radius 3 is 2.34 bits per heavy atom. The molecule has 0 aliphatic carbocycles. The summed E-state index contributed by atoms with van der Waals surface area (Å²) in [6.45, 7) is 6.54. The van der Waals surface area contributed by atoms with E-state index in [0.717, 1.165) is 15.7 Å². The molecule has 1 fully saturated rings. The van der Waals surface area contributed by atoms with Gasteiger partial charge in [0.15, 0.2) is 0 Å². The fraction of sp³-hybridized carbons (Fsp3) is 0.231. The second-order valence-electron chi connectivity index (χ2n) is 8.81. The van der Waals surface area contributed by atoms with Crippen molar-refractivity contribution in [1.82, 2.24) is 0 Å². The molecule has 0 bridgehead atoms. The number of rotatable bonds is 4. The van der Waals surface area contributed by atoms with E-state index in [-0.39, 0.29) is 22.6 Å². The SMILES string of the molecule is CC(C)(C)c1ccc(N2C(=O)CS[C@@H]2c2ccc(NC(=O)c3cccc(Br)c3)cc2)cc1. The maximum atomic E-state index is 12.7. The van der Waals surface area contributed by atoms with Crippen LogP contribution in [0.4, 0.5) is 11.4 Å². The molecule has 0 saturated carbocycles. The van der Waals surface area contributed by atoms with E-state index in [4.69, 9.17) is 0 Å². The average molecular weight is 509 g/mol. The number of nitrogens with one attached hydrogen (secondary N) is 1. The van der Waals surface area contributed by atoms with Crippen LogP contribution in [0.1, 0.15) is 47.6 Å². The summed E-state index contributed by atoms with van der Waals surface area (Å²) in [6, 6.07) is 23.3. The molecule has 32 heavy (non-hydrogen) atoms. The van der Waals surface area contributed by atoms with Gasteiger partial charge in [-0.25, -0.2) is 0 Å². The average Bonchev–Trinajstić information content (AvgIpc) is 3.15. The lowest BCUT2D eigenvalue weighted by atomic mass is 9.87. The smallest absolute Gasteiger partial charge is 0.255 e. The van der Waals surface area contributed by atoms with E-state index < -0.39 is 0 Å². The van der Waals surface area contributed by atoms with E-state index in [1.807, 2.05) is 53.4 Å². The largest absolute Gasteiger partial charge is 0.322 e. The van der Waals surface area contributed by atoms with Crippen LogP contribution in [0.25, 0.3) is 0 Å². The summed E-state index contributed by atoms with van der Waals surface area (Å²) >= 11 is 5.01. The van der Waals surface area contributed by atoms with Crippen LogP contribution in [0, 0.1) is 0 Å². The van der Waals surface area contributed by atoms with Gasteiger partial charge in [0.05, 0.1) is 5.75 Å². The molecule has 4 nitrogen and oxygen atoms in total. The number of halogens is 1. The molecule has 1 aliphatic rings. The molecule has 0 spiro atoms. The Hall–Kier alpha value is -2.57. The fourth-order valence-corrected chi connectivity index (χ4v) is 5.21. The van der Waals surface area contributed by atoms with Gasteiger partial charge in [0.2, 0.25) is 5.91 Å². The lowest BCUT2D eigenvalue weighted by molar-refractivity contribution is -0.115. The number of carbonyl (C=O) groups excluding carboxylic acids is 2. The Balaban J connectivity index is 1.51. The molecule has 0 radical (unpaired) electrons. The second-order valence-corrected chi connectivity index (χ2v) is 10.8. The Morgan fingerprint density at radius 1 is 1.03 bits per heavy atom. The first-order valence-corrected chi connectivity index (χ1v) is 12.3. The van der Waals surface area contributed by atoms with Gasteiger partial charge in [0, 0.05) is 21.4 Å². The van der Waals surface area contributed by atoms with Crippen molar-refractivity contribution in [2.75, 3.05) is 16.0 Å². The molecule has 1 atom stereocenters. The van der Waals surface area contributed by atoms with E-state index >= 15 is 0 Å². The molecule has 1 aliphatic heterocycles. The van der Waals surface area contributed by atoms with Gasteiger partial charge in [-0.15, -0.1) is 11.8 Å². The minimum Gasteiger partial charge on any atom is -0.322 e. The fourth-order valence-electron chi connectivity index (χ4n) is 3.64. The summed E-state index contributed by atoms with van der Waals surface area (Å²) < 4.78 is 0.860. The summed E-state index contributed by atoms with van der Waals surface area (Å²) in [7, 11) is 0. The van der Waals surface area contributed by atoms with Crippen molar-refractivity contribution in [2.45, 2.75) is 31.6 Å². The zero-order valence-corrected chi connectivity index (χ0v) is 20.7. The number of hydrogen-bond donors (Lipinski definition) is 1. The quantitative estimate of drug-likeness (QED) is 0.422. The molecular weight excluding hydrogens is 484 g/mol. The van der Waals surface area contributed by atoms with Gasteiger partial charge in [0.1, 0.15) is 5.37 Å². The maximum Gasteiger partial charge on any atom is 0.255 e. The Morgan fingerprint density at radius 2 is 1.72 bits per heavy atom. The third-order valence-corrected chi connectivity index (χ3v) is 7.13. The first-order chi connectivity index (χ1) is 15.2. The van der Waals surface area contributed by atoms with Gasteiger partial charge in [-0.3, -0.25) is 14.5 Å². The molecule has 3 aromatic carbocycles. The summed E-state index contributed by atoms with van der Waals surface area (Å²) in [6.07, 6.45) is 0. The van der Waals surface area contributed by atoms with Crippen molar-refractivity contribution in [2.24, 2.45) is 0 Å². The van der Waals surface area contributed by atoms with E-state index in [1.165, 1.54) is 5.56 Å². The topological polar surface area (TPSA) is 49.4 Å². The van der Waals surface area contributed by atoms with Gasteiger partial charge in [-0.05, 0) is 59.0 Å². The zero-order chi connectivity index (χ0) is 22.9. The number of hydrogen-bond acceptors (Lipinski definition) is 3. The van der Waals surface area contributed by atoms with Crippen LogP contribution in [-0.2, 0) is 10.2 Å². The monoisotopic (exact) mass is 508 g/mol. The number of anilines is 2. The van der Waals surface area contributed by atoms with E-state index in [1.54, 1.807) is 23.9 Å². The Kier molecular flexibility index (Phi) is 6.45. The molecule has 0 aromatic heterocycles. The van der Waals surface area contributed by atoms with Crippen LogP contribution in [-0.4, -0.2) is 17.6 Å². The highest BCUT2D eigenvalue weighted by Crippen LogP contribution is 2.42. The summed E-state index contributed by atoms with van der Waals surface area (Å²) in [5.74, 6) is 0.396. The lowest BCUT2D eigenvalue weighted by Gasteiger charge is -2.26. The zero-order valence-electron chi connectivity index (χ0n) is 18.3. The molecule has 0 unspecified atom stereocenters. The van der Waals surface area contributed by atoms with Crippen LogP contribution in [0.3, 0.4) is 0 Å². The second kappa shape index (κ2) is 9.12. The lowest BCUT2D eigenvalue weighted by Crippen LogP contribution is -2.28. The highest BCUT2D eigenvalue weighted by molar-refractivity contribution is 9.10. The van der Waals surface area contributed by atoms with Crippen LogP contribution in [0.15, 0.2) is 77.3 Å². The van der Waals surface area contributed by atoms with Crippen molar-refractivity contribution in [3.05, 3.63) is 94.0 Å². The first-order valence-electron chi connectivity index (χ1n) is 10.4. The minimum atomic E-state index is -0.162. The Labute approximate surface area is 201 Å². The highest BCUT2D eigenvalue weighted by atomic mass is 79.9. The molecular formula is C26H25BrN2O2S. The molecule has 1 N–H and O–H groups in total. The summed E-state index contributed by atoms with van der Waals surface area (Å²) in [5, 5.41) is 2.84. The molecule has 6 heteroatoms. The van der Waals surface area contributed by atoms with Crippen molar-refractivity contribution in [3.63, 3.8) is 0 Å². The third-order valence-electron chi connectivity index (χ3n) is 5.42. The van der Waals surface area contributed by atoms with Crippen molar-refractivity contribution in [3.8, 4) is 0 Å². The van der Waals surface area contributed by atoms with Crippen molar-refractivity contribution < 1.29 is 9.59 Å². The number of carbonyl (C=O) groups is 2. The van der Waals surface area contributed by atoms with E-state index in [2.05, 4.69) is 54.2 Å².